The van der Waals surface area contributed by atoms with Crippen LogP contribution in [-0.4, -0.2) is 37.2 Å². The average molecular weight is 970 g/mol. The van der Waals surface area contributed by atoms with Crippen molar-refractivity contribution in [3.05, 3.63) is 122 Å². The molecule has 0 spiro atoms. The summed E-state index contributed by atoms with van der Waals surface area (Å²) in [5.74, 6) is -1.06. The third kappa shape index (κ3) is 54.7. The van der Waals surface area contributed by atoms with Gasteiger partial charge in [-0.2, -0.15) is 0 Å². The molecular weight excluding hydrogens is 865 g/mol. The number of esters is 3. The Bertz CT molecular complexity index is 1490. The van der Waals surface area contributed by atoms with Crippen molar-refractivity contribution in [1.82, 2.24) is 0 Å². The van der Waals surface area contributed by atoms with Gasteiger partial charge in [-0.3, -0.25) is 14.4 Å². The number of ether oxygens (including phenoxy) is 3. The molecule has 0 fully saturated rings. The molecule has 0 amide bonds. The van der Waals surface area contributed by atoms with E-state index >= 15 is 0 Å². The fourth-order valence-corrected chi connectivity index (χ4v) is 7.43. The van der Waals surface area contributed by atoms with Crippen LogP contribution in [0.2, 0.25) is 0 Å². The highest BCUT2D eigenvalue weighted by Gasteiger charge is 2.19. The van der Waals surface area contributed by atoms with E-state index in [2.05, 4.69) is 142 Å². The monoisotopic (exact) mass is 969 g/mol. The van der Waals surface area contributed by atoms with Crippen molar-refractivity contribution in [3.8, 4) is 0 Å². The molecule has 0 rings (SSSR count). The summed E-state index contributed by atoms with van der Waals surface area (Å²) >= 11 is 0. The summed E-state index contributed by atoms with van der Waals surface area (Å²) in [4.78, 5) is 38.1. The molecule has 0 aliphatic carbocycles. The summed E-state index contributed by atoms with van der Waals surface area (Å²) in [7, 11) is 0. The van der Waals surface area contributed by atoms with Crippen LogP contribution in [0.5, 0.6) is 0 Å². The van der Waals surface area contributed by atoms with Crippen LogP contribution in [0.15, 0.2) is 122 Å². The zero-order valence-corrected chi connectivity index (χ0v) is 45.2. The van der Waals surface area contributed by atoms with E-state index < -0.39 is 6.10 Å². The topological polar surface area (TPSA) is 78.9 Å². The second-order valence-corrected chi connectivity index (χ2v) is 18.5. The molecule has 0 saturated heterocycles. The minimum Gasteiger partial charge on any atom is -0.462 e. The number of rotatable bonds is 50. The third-order valence-corrected chi connectivity index (χ3v) is 11.7. The summed E-state index contributed by atoms with van der Waals surface area (Å²) in [5, 5.41) is 0. The average Bonchev–Trinajstić information content (AvgIpc) is 3.36. The number of carbonyl (C=O) groups is 3. The number of allylic oxidation sites excluding steroid dienone is 20. The fourth-order valence-electron chi connectivity index (χ4n) is 7.43. The SMILES string of the molecule is CC/C=C\C/C=C\C/C=C\C/C=C\C/C=C\CCCC(=O)OC(COC(=O)CCC/C=C\C/C=C\C/C=C\CCCCCCCC)COC(=O)CCCCCCC/C=C\C=C/CCCCCCCCC. The van der Waals surface area contributed by atoms with Gasteiger partial charge in [-0.25, -0.2) is 0 Å². The van der Waals surface area contributed by atoms with Gasteiger partial charge in [-0.15, -0.1) is 0 Å². The van der Waals surface area contributed by atoms with Crippen LogP contribution in [0, 0.1) is 0 Å². The zero-order valence-electron chi connectivity index (χ0n) is 45.2. The summed E-state index contributed by atoms with van der Waals surface area (Å²) in [6.45, 7) is 6.40. The molecule has 6 nitrogen and oxygen atoms in total. The number of hydrogen-bond acceptors (Lipinski definition) is 6. The fraction of sp³-hybridized carbons (Fsp3) is 0.641. The lowest BCUT2D eigenvalue weighted by atomic mass is 10.1. The van der Waals surface area contributed by atoms with Gasteiger partial charge in [0.1, 0.15) is 13.2 Å². The molecule has 0 heterocycles. The lowest BCUT2D eigenvalue weighted by Crippen LogP contribution is -2.30. The second kappa shape index (κ2) is 57.4. The molecule has 1 atom stereocenters. The van der Waals surface area contributed by atoms with Gasteiger partial charge in [0, 0.05) is 19.3 Å². The van der Waals surface area contributed by atoms with Gasteiger partial charge < -0.3 is 14.2 Å². The predicted molar refractivity (Wildman–Crippen MR) is 302 cm³/mol. The number of unbranched alkanes of at least 4 members (excludes halogenated alkanes) is 20. The molecule has 0 aliphatic rings. The van der Waals surface area contributed by atoms with Crippen LogP contribution in [0.3, 0.4) is 0 Å². The Kier molecular flexibility index (Phi) is 54.0. The minimum absolute atomic E-state index is 0.127. The molecule has 0 aromatic heterocycles. The van der Waals surface area contributed by atoms with E-state index in [1.807, 2.05) is 0 Å². The molecule has 0 aliphatic heterocycles. The number of carbonyl (C=O) groups excluding carboxylic acids is 3. The molecule has 0 aromatic carbocycles. The van der Waals surface area contributed by atoms with Gasteiger partial charge >= 0.3 is 17.9 Å². The highest BCUT2D eigenvalue weighted by Crippen LogP contribution is 2.12. The Morgan fingerprint density at radius 1 is 0.314 bits per heavy atom. The predicted octanol–water partition coefficient (Wildman–Crippen LogP) is 19.3. The first-order valence-electron chi connectivity index (χ1n) is 28.6. The Labute approximate surface area is 431 Å². The molecule has 70 heavy (non-hydrogen) atoms. The van der Waals surface area contributed by atoms with Crippen LogP contribution < -0.4 is 0 Å². The summed E-state index contributed by atoms with van der Waals surface area (Å²) in [6, 6.07) is 0. The van der Waals surface area contributed by atoms with Crippen molar-refractivity contribution < 1.29 is 28.6 Å². The summed E-state index contributed by atoms with van der Waals surface area (Å²) < 4.78 is 16.7. The molecule has 0 aromatic rings. The minimum atomic E-state index is -0.839. The maximum atomic E-state index is 12.8. The smallest absolute Gasteiger partial charge is 0.306 e. The van der Waals surface area contributed by atoms with Crippen LogP contribution in [0.4, 0.5) is 0 Å². The van der Waals surface area contributed by atoms with E-state index in [0.29, 0.717) is 19.3 Å². The van der Waals surface area contributed by atoms with Crippen molar-refractivity contribution >= 4 is 17.9 Å². The Balaban J connectivity index is 4.59. The molecule has 396 valence electrons. The van der Waals surface area contributed by atoms with Crippen molar-refractivity contribution in [2.24, 2.45) is 0 Å². The largest absolute Gasteiger partial charge is 0.462 e. The molecule has 6 heteroatoms. The maximum absolute atomic E-state index is 12.8. The van der Waals surface area contributed by atoms with Gasteiger partial charge in [-0.1, -0.05) is 232 Å². The van der Waals surface area contributed by atoms with Crippen molar-refractivity contribution in [2.75, 3.05) is 13.2 Å². The van der Waals surface area contributed by atoms with Gasteiger partial charge in [-0.05, 0) is 116 Å². The Hall–Kier alpha value is -4.19. The lowest BCUT2D eigenvalue weighted by molar-refractivity contribution is -0.167. The normalized spacial score (nSPS) is 13.0. The van der Waals surface area contributed by atoms with Crippen LogP contribution >= 0.6 is 0 Å². The molecule has 1 unspecified atom stereocenters. The Morgan fingerprint density at radius 3 is 1.01 bits per heavy atom. The van der Waals surface area contributed by atoms with Crippen molar-refractivity contribution in [1.29, 1.82) is 0 Å². The third-order valence-electron chi connectivity index (χ3n) is 11.7. The molecule has 0 saturated carbocycles. The van der Waals surface area contributed by atoms with Crippen molar-refractivity contribution in [2.45, 2.75) is 252 Å². The summed E-state index contributed by atoms with van der Waals surface area (Å²) in [5.41, 5.74) is 0. The second-order valence-electron chi connectivity index (χ2n) is 18.5. The van der Waals surface area contributed by atoms with E-state index in [9.17, 15) is 14.4 Å². The number of hydrogen-bond donors (Lipinski definition) is 0. The maximum Gasteiger partial charge on any atom is 0.306 e. The molecule has 0 N–H and O–H groups in total. The Morgan fingerprint density at radius 2 is 0.614 bits per heavy atom. The quantitative estimate of drug-likeness (QED) is 0.0199. The van der Waals surface area contributed by atoms with Crippen molar-refractivity contribution in [3.63, 3.8) is 0 Å². The summed E-state index contributed by atoms with van der Waals surface area (Å²) in [6.07, 6.45) is 79.1. The van der Waals surface area contributed by atoms with Gasteiger partial charge in [0.2, 0.25) is 0 Å². The first-order valence-corrected chi connectivity index (χ1v) is 28.6. The first-order chi connectivity index (χ1) is 34.5. The van der Waals surface area contributed by atoms with Crippen LogP contribution in [0.1, 0.15) is 245 Å². The standard InChI is InChI=1S/C64H104O6/c1-4-7-10-13-16-19-22-25-28-31-34-36-39-42-45-48-51-54-57-63(66)69-60-61(70-64(67)58-55-52-49-46-43-40-37-33-30-27-24-21-18-15-12-9-6-3)59-68-62(65)56-53-50-47-44-41-38-35-32-29-26-23-20-17-14-11-8-5-2/h9,12,18,21,26-31,34-38,40,44,46-47,49,61H,4-8,10-11,13-17,19-20,22-25,32-33,39,41-43,45,48,50-60H2,1-3H3/b12-9-,21-18-,29-26-,30-27-,31-28-,36-34-,38-35-,40-37-,47-44-,49-46-. The molecule has 0 bridgehead atoms. The van der Waals surface area contributed by atoms with Gasteiger partial charge in [0.25, 0.3) is 0 Å². The van der Waals surface area contributed by atoms with E-state index in [0.717, 1.165) is 96.3 Å². The highest BCUT2D eigenvalue weighted by atomic mass is 16.6. The van der Waals surface area contributed by atoms with Gasteiger partial charge in [0.05, 0.1) is 0 Å². The van der Waals surface area contributed by atoms with E-state index in [1.54, 1.807) is 0 Å². The van der Waals surface area contributed by atoms with Gasteiger partial charge in [0.15, 0.2) is 6.10 Å². The van der Waals surface area contributed by atoms with E-state index in [1.165, 1.54) is 96.3 Å². The zero-order chi connectivity index (χ0) is 50.7. The van der Waals surface area contributed by atoms with Crippen LogP contribution in [0.25, 0.3) is 0 Å². The van der Waals surface area contributed by atoms with E-state index in [4.69, 9.17) is 14.2 Å². The van der Waals surface area contributed by atoms with E-state index in [-0.39, 0.29) is 44.0 Å². The first kappa shape index (κ1) is 65.8. The van der Waals surface area contributed by atoms with Crippen LogP contribution in [-0.2, 0) is 28.6 Å². The molecular formula is C64H104O6. The molecule has 0 radical (unpaired) electrons. The highest BCUT2D eigenvalue weighted by molar-refractivity contribution is 5.71. The lowest BCUT2D eigenvalue weighted by Gasteiger charge is -2.18.